The van der Waals surface area contributed by atoms with Crippen LogP contribution in [0.5, 0.6) is 5.75 Å². The lowest BCUT2D eigenvalue weighted by Gasteiger charge is -2.36. The molecule has 0 bridgehead atoms. The molecule has 0 saturated carbocycles. The van der Waals surface area contributed by atoms with Gasteiger partial charge in [-0.05, 0) is 55.3 Å². The van der Waals surface area contributed by atoms with Crippen LogP contribution in [0.2, 0.25) is 0 Å². The van der Waals surface area contributed by atoms with Gasteiger partial charge in [0.2, 0.25) is 0 Å². The molecule has 2 aliphatic rings. The summed E-state index contributed by atoms with van der Waals surface area (Å²) in [6.07, 6.45) is 11.1. The minimum Gasteiger partial charge on any atom is -0.495 e. The molecule has 1 aliphatic heterocycles. The van der Waals surface area contributed by atoms with Gasteiger partial charge in [-0.15, -0.1) is 0 Å². The van der Waals surface area contributed by atoms with E-state index < -0.39 is 0 Å². The molecule has 3 nitrogen and oxygen atoms in total. The number of allylic oxidation sites excluding steroid dienone is 1. The Hall–Kier alpha value is -1.35. The number of methoxy groups -OCH3 is 1. The molecule has 96 valence electrons. The van der Waals surface area contributed by atoms with E-state index in [9.17, 15) is 0 Å². The highest BCUT2D eigenvalue weighted by Gasteiger charge is 2.28. The van der Waals surface area contributed by atoms with E-state index in [1.807, 2.05) is 6.20 Å². The van der Waals surface area contributed by atoms with Crippen LogP contribution < -0.4 is 10.1 Å². The number of rotatable bonds is 2. The maximum absolute atomic E-state index is 5.25. The van der Waals surface area contributed by atoms with E-state index >= 15 is 0 Å². The molecule has 0 spiro atoms. The van der Waals surface area contributed by atoms with Gasteiger partial charge in [0.05, 0.1) is 13.3 Å². The molecule has 1 fully saturated rings. The summed E-state index contributed by atoms with van der Waals surface area (Å²) in [5.41, 5.74) is 2.62. The van der Waals surface area contributed by atoms with Gasteiger partial charge >= 0.3 is 0 Å². The van der Waals surface area contributed by atoms with E-state index in [1.165, 1.54) is 36.9 Å². The Morgan fingerprint density at radius 1 is 1.39 bits per heavy atom. The van der Waals surface area contributed by atoms with Crippen LogP contribution in [-0.2, 0) is 0 Å². The molecule has 0 aromatic carbocycles. The molecule has 1 aromatic heterocycles. The lowest BCUT2D eigenvalue weighted by Crippen LogP contribution is -2.42. The highest BCUT2D eigenvalue weighted by Crippen LogP contribution is 2.34. The van der Waals surface area contributed by atoms with Gasteiger partial charge in [-0.1, -0.05) is 6.08 Å². The molecule has 3 rings (SSSR count). The Morgan fingerprint density at radius 2 is 2.33 bits per heavy atom. The Bertz CT molecular complexity index is 456. The molecule has 1 saturated heterocycles. The Morgan fingerprint density at radius 3 is 3.22 bits per heavy atom. The van der Waals surface area contributed by atoms with Gasteiger partial charge in [0, 0.05) is 12.2 Å². The van der Waals surface area contributed by atoms with Crippen LogP contribution in [0.15, 0.2) is 24.5 Å². The van der Waals surface area contributed by atoms with Gasteiger partial charge in [-0.3, -0.25) is 4.98 Å². The molecular formula is C15H20N2O. The normalized spacial score (nSPS) is 27.3. The van der Waals surface area contributed by atoms with Crippen molar-refractivity contribution >= 4 is 5.57 Å². The average molecular weight is 244 g/mol. The fraction of sp³-hybridized carbons (Fsp3) is 0.533. The third kappa shape index (κ3) is 2.27. The third-order valence-electron chi connectivity index (χ3n) is 4.15. The van der Waals surface area contributed by atoms with Crippen molar-refractivity contribution in [2.24, 2.45) is 5.92 Å². The number of aromatic nitrogens is 1. The molecule has 18 heavy (non-hydrogen) atoms. The predicted octanol–water partition coefficient (Wildman–Crippen LogP) is 2.64. The number of nitrogens with one attached hydrogen (secondary N) is 1. The summed E-state index contributed by atoms with van der Waals surface area (Å²) in [6, 6.07) is 2.74. The second kappa shape index (κ2) is 5.11. The summed E-state index contributed by atoms with van der Waals surface area (Å²) in [5, 5.41) is 3.66. The van der Waals surface area contributed by atoms with Gasteiger partial charge in [-0.25, -0.2) is 0 Å². The SMILES string of the molecule is COc1cncc(C2=CC[C@@H]3CCCN[C@@H]3C2)c1. The smallest absolute Gasteiger partial charge is 0.137 e. The van der Waals surface area contributed by atoms with Gasteiger partial charge in [0.25, 0.3) is 0 Å². The highest BCUT2D eigenvalue weighted by molar-refractivity contribution is 5.67. The van der Waals surface area contributed by atoms with Gasteiger partial charge in [0.1, 0.15) is 5.75 Å². The van der Waals surface area contributed by atoms with E-state index in [0.717, 1.165) is 18.1 Å². The van der Waals surface area contributed by atoms with Crippen molar-refractivity contribution in [3.05, 3.63) is 30.1 Å². The van der Waals surface area contributed by atoms with E-state index in [1.54, 1.807) is 13.3 Å². The van der Waals surface area contributed by atoms with Crippen molar-refractivity contribution in [1.82, 2.24) is 10.3 Å². The predicted molar refractivity (Wildman–Crippen MR) is 72.5 cm³/mol. The number of ether oxygens (including phenoxy) is 1. The first-order valence-electron chi connectivity index (χ1n) is 6.78. The van der Waals surface area contributed by atoms with Crippen molar-refractivity contribution in [2.75, 3.05) is 13.7 Å². The number of hydrogen-bond donors (Lipinski definition) is 1. The Labute approximate surface area is 108 Å². The molecule has 3 heteroatoms. The van der Waals surface area contributed by atoms with Crippen LogP contribution >= 0.6 is 0 Å². The van der Waals surface area contributed by atoms with Crippen molar-refractivity contribution in [3.8, 4) is 5.75 Å². The molecule has 2 atom stereocenters. The van der Waals surface area contributed by atoms with Crippen LogP contribution in [0.25, 0.3) is 5.57 Å². The quantitative estimate of drug-likeness (QED) is 0.868. The standard InChI is InChI=1S/C15H20N2O/c1-18-14-7-13(9-16-10-14)12-5-4-11-3-2-6-17-15(11)8-12/h5,7,9-11,15,17H,2-4,6,8H2,1H3/t11-,15+/m0/s1. The van der Waals surface area contributed by atoms with Crippen molar-refractivity contribution < 1.29 is 4.74 Å². The van der Waals surface area contributed by atoms with Crippen LogP contribution in [0.3, 0.4) is 0 Å². The summed E-state index contributed by atoms with van der Waals surface area (Å²) >= 11 is 0. The summed E-state index contributed by atoms with van der Waals surface area (Å²) in [4.78, 5) is 4.25. The maximum atomic E-state index is 5.25. The first-order chi connectivity index (χ1) is 8.86. The van der Waals surface area contributed by atoms with Crippen LogP contribution in [0.1, 0.15) is 31.2 Å². The molecule has 2 heterocycles. The minimum absolute atomic E-state index is 0.657. The number of nitrogens with zero attached hydrogens (tertiary/aromatic N) is 1. The molecule has 1 N–H and O–H groups in total. The van der Waals surface area contributed by atoms with Gasteiger partial charge in [-0.2, -0.15) is 0 Å². The van der Waals surface area contributed by atoms with Crippen molar-refractivity contribution in [3.63, 3.8) is 0 Å². The fourth-order valence-electron chi connectivity index (χ4n) is 3.10. The monoisotopic (exact) mass is 244 g/mol. The average Bonchev–Trinajstić information content (AvgIpc) is 2.47. The number of fused-ring (bicyclic) bond motifs is 1. The van der Waals surface area contributed by atoms with Gasteiger partial charge in [0.15, 0.2) is 0 Å². The van der Waals surface area contributed by atoms with E-state index in [-0.39, 0.29) is 0 Å². The summed E-state index contributed by atoms with van der Waals surface area (Å²) < 4.78 is 5.25. The second-order valence-electron chi connectivity index (χ2n) is 5.25. The van der Waals surface area contributed by atoms with Crippen LogP contribution in [0, 0.1) is 5.92 Å². The molecule has 0 radical (unpaired) electrons. The van der Waals surface area contributed by atoms with Gasteiger partial charge < -0.3 is 10.1 Å². The summed E-state index contributed by atoms with van der Waals surface area (Å²) in [6.45, 7) is 1.17. The van der Waals surface area contributed by atoms with E-state index in [2.05, 4.69) is 22.4 Å². The first-order valence-corrected chi connectivity index (χ1v) is 6.78. The highest BCUT2D eigenvalue weighted by atomic mass is 16.5. The zero-order valence-corrected chi connectivity index (χ0v) is 10.9. The molecule has 1 aliphatic carbocycles. The number of piperidine rings is 1. The third-order valence-corrected chi connectivity index (χ3v) is 4.15. The zero-order chi connectivity index (χ0) is 12.4. The first kappa shape index (κ1) is 11.7. The topological polar surface area (TPSA) is 34.1 Å². The van der Waals surface area contributed by atoms with Crippen LogP contribution in [-0.4, -0.2) is 24.7 Å². The number of hydrogen-bond acceptors (Lipinski definition) is 3. The minimum atomic E-state index is 0.657. The molecular weight excluding hydrogens is 224 g/mol. The van der Waals surface area contributed by atoms with E-state index in [0.29, 0.717) is 6.04 Å². The Kier molecular flexibility index (Phi) is 3.33. The number of pyridine rings is 1. The fourth-order valence-corrected chi connectivity index (χ4v) is 3.10. The zero-order valence-electron chi connectivity index (χ0n) is 10.9. The summed E-state index contributed by atoms with van der Waals surface area (Å²) in [5.74, 6) is 1.67. The van der Waals surface area contributed by atoms with Crippen LogP contribution in [0.4, 0.5) is 0 Å². The Balaban J connectivity index is 1.81. The van der Waals surface area contributed by atoms with Crippen molar-refractivity contribution in [1.29, 1.82) is 0 Å². The molecule has 1 aromatic rings. The molecule has 0 amide bonds. The lowest BCUT2D eigenvalue weighted by molar-refractivity contribution is 0.278. The largest absolute Gasteiger partial charge is 0.495 e. The van der Waals surface area contributed by atoms with Crippen molar-refractivity contribution in [2.45, 2.75) is 31.7 Å². The lowest BCUT2D eigenvalue weighted by atomic mass is 9.78. The molecule has 0 unspecified atom stereocenters. The summed E-state index contributed by atoms with van der Waals surface area (Å²) in [7, 11) is 1.69. The maximum Gasteiger partial charge on any atom is 0.137 e. The van der Waals surface area contributed by atoms with E-state index in [4.69, 9.17) is 4.74 Å². The second-order valence-corrected chi connectivity index (χ2v) is 5.25.